The third kappa shape index (κ3) is 3.56. The molecule has 5 nitrogen and oxygen atoms in total. The van der Waals surface area contributed by atoms with Crippen LogP contribution in [0.25, 0.3) is 0 Å². The van der Waals surface area contributed by atoms with Gasteiger partial charge in [-0.1, -0.05) is 6.92 Å². The van der Waals surface area contributed by atoms with Gasteiger partial charge in [0.2, 0.25) is 0 Å². The normalized spacial score (nSPS) is 14.9. The second-order valence-corrected chi connectivity index (χ2v) is 5.51. The van der Waals surface area contributed by atoms with Crippen molar-refractivity contribution in [3.05, 3.63) is 15.9 Å². The molecule has 0 saturated heterocycles. The molecule has 1 N–H and O–H groups in total. The first kappa shape index (κ1) is 16.6. The molecule has 110 valence electrons. The zero-order chi connectivity index (χ0) is 14.6. The molecule has 1 heterocycles. The monoisotopic (exact) mass is 334 g/mol. The molecule has 0 aliphatic carbocycles. The molecule has 0 bridgehead atoms. The maximum atomic E-state index is 10.5. The van der Waals surface area contributed by atoms with E-state index in [9.17, 15) is 5.11 Å². The second-order valence-electron chi connectivity index (χ2n) is 4.71. The summed E-state index contributed by atoms with van der Waals surface area (Å²) in [5.74, 6) is 0. The Balaban J connectivity index is 3.07. The molecule has 0 amide bonds. The molecule has 1 aromatic rings. The Kier molecular flexibility index (Phi) is 5.98. The Bertz CT molecular complexity index is 414. The van der Waals surface area contributed by atoms with Crippen molar-refractivity contribution >= 4 is 15.9 Å². The lowest BCUT2D eigenvalue weighted by molar-refractivity contribution is -0.207. The van der Waals surface area contributed by atoms with Gasteiger partial charge in [0, 0.05) is 27.2 Å². The number of hydrogen-bond acceptors (Lipinski definition) is 4. The first-order valence-electron chi connectivity index (χ1n) is 6.43. The highest BCUT2D eigenvalue weighted by atomic mass is 79.9. The predicted molar refractivity (Wildman–Crippen MR) is 77.1 cm³/mol. The van der Waals surface area contributed by atoms with Gasteiger partial charge in [-0.05, 0) is 36.2 Å². The third-order valence-electron chi connectivity index (χ3n) is 3.16. The lowest BCUT2D eigenvalue weighted by Crippen LogP contribution is -2.44. The summed E-state index contributed by atoms with van der Waals surface area (Å²) in [6, 6.07) is 0. The van der Waals surface area contributed by atoms with Crippen LogP contribution >= 0.6 is 15.9 Å². The van der Waals surface area contributed by atoms with Crippen molar-refractivity contribution in [2.75, 3.05) is 14.2 Å². The molecular formula is C13H23BrN2O3. The molecule has 1 unspecified atom stereocenters. The molecule has 1 rings (SSSR count). The molecule has 0 aromatic carbocycles. The Morgan fingerprint density at radius 2 is 1.95 bits per heavy atom. The zero-order valence-corrected chi connectivity index (χ0v) is 13.8. The minimum atomic E-state index is -1.12. The van der Waals surface area contributed by atoms with E-state index in [0.29, 0.717) is 6.42 Å². The van der Waals surface area contributed by atoms with Gasteiger partial charge in [-0.2, -0.15) is 5.10 Å². The van der Waals surface area contributed by atoms with Crippen LogP contribution in [-0.2, 0) is 28.9 Å². The fourth-order valence-corrected chi connectivity index (χ4v) is 2.92. The van der Waals surface area contributed by atoms with Gasteiger partial charge in [-0.3, -0.25) is 4.68 Å². The van der Waals surface area contributed by atoms with Crippen molar-refractivity contribution < 1.29 is 14.6 Å². The number of ether oxygens (including phenoxy) is 2. The highest BCUT2D eigenvalue weighted by Crippen LogP contribution is 2.28. The summed E-state index contributed by atoms with van der Waals surface area (Å²) in [6.45, 7) is 6.55. The molecule has 6 heteroatoms. The van der Waals surface area contributed by atoms with E-state index in [4.69, 9.17) is 9.47 Å². The zero-order valence-electron chi connectivity index (χ0n) is 12.2. The number of aliphatic hydroxyl groups is 1. The Labute approximate surface area is 123 Å². The Hall–Kier alpha value is -0.430. The molecule has 0 fully saturated rings. The highest BCUT2D eigenvalue weighted by Gasteiger charge is 2.35. The minimum absolute atomic E-state index is 0.404. The topological polar surface area (TPSA) is 56.5 Å². The van der Waals surface area contributed by atoms with Crippen molar-refractivity contribution in [3.63, 3.8) is 0 Å². The summed E-state index contributed by atoms with van der Waals surface area (Å²) in [4.78, 5) is 0. The largest absolute Gasteiger partial charge is 0.384 e. The summed E-state index contributed by atoms with van der Waals surface area (Å²) in [5, 5.41) is 15.1. The van der Waals surface area contributed by atoms with E-state index in [0.717, 1.165) is 28.8 Å². The van der Waals surface area contributed by atoms with Gasteiger partial charge in [0.05, 0.1) is 15.9 Å². The van der Waals surface area contributed by atoms with Gasteiger partial charge < -0.3 is 14.6 Å². The van der Waals surface area contributed by atoms with Crippen molar-refractivity contribution in [1.82, 2.24) is 9.78 Å². The SMILES string of the molecule is CCc1nn(CC)c(CC(C)(O)C(OC)OC)c1Br. The van der Waals surface area contributed by atoms with Crippen LogP contribution in [0.5, 0.6) is 0 Å². The average molecular weight is 335 g/mol. The van der Waals surface area contributed by atoms with Crippen LogP contribution in [-0.4, -0.2) is 41.0 Å². The van der Waals surface area contributed by atoms with Crippen LogP contribution in [0.1, 0.15) is 32.2 Å². The van der Waals surface area contributed by atoms with Crippen LogP contribution in [0.15, 0.2) is 4.47 Å². The number of nitrogens with zero attached hydrogens (tertiary/aromatic N) is 2. The molecule has 0 saturated carbocycles. The van der Waals surface area contributed by atoms with Gasteiger partial charge in [0.15, 0.2) is 6.29 Å². The van der Waals surface area contributed by atoms with Gasteiger partial charge in [0.25, 0.3) is 0 Å². The van der Waals surface area contributed by atoms with Crippen LogP contribution in [0.3, 0.4) is 0 Å². The van der Waals surface area contributed by atoms with E-state index < -0.39 is 11.9 Å². The Morgan fingerprint density at radius 3 is 2.37 bits per heavy atom. The summed E-state index contributed by atoms with van der Waals surface area (Å²) >= 11 is 3.57. The highest BCUT2D eigenvalue weighted by molar-refractivity contribution is 9.10. The number of methoxy groups -OCH3 is 2. The van der Waals surface area contributed by atoms with E-state index in [1.165, 1.54) is 14.2 Å². The lowest BCUT2D eigenvalue weighted by atomic mass is 9.99. The van der Waals surface area contributed by atoms with Crippen LogP contribution < -0.4 is 0 Å². The molecule has 19 heavy (non-hydrogen) atoms. The lowest BCUT2D eigenvalue weighted by Gasteiger charge is -2.30. The van der Waals surface area contributed by atoms with Crippen LogP contribution in [0.2, 0.25) is 0 Å². The molecule has 1 atom stereocenters. The van der Waals surface area contributed by atoms with Crippen molar-refractivity contribution in [3.8, 4) is 0 Å². The summed E-state index contributed by atoms with van der Waals surface area (Å²) in [5.41, 5.74) is 0.840. The van der Waals surface area contributed by atoms with Crippen LogP contribution in [0.4, 0.5) is 0 Å². The van der Waals surface area contributed by atoms with Gasteiger partial charge >= 0.3 is 0 Å². The first-order valence-corrected chi connectivity index (χ1v) is 7.22. The molecule has 0 radical (unpaired) electrons. The fraction of sp³-hybridized carbons (Fsp3) is 0.769. The second kappa shape index (κ2) is 6.83. The summed E-state index contributed by atoms with van der Waals surface area (Å²) in [7, 11) is 3.04. The van der Waals surface area contributed by atoms with E-state index in [1.54, 1.807) is 6.92 Å². The number of hydrogen-bond donors (Lipinski definition) is 1. The third-order valence-corrected chi connectivity index (χ3v) is 4.07. The standard InChI is InChI=1S/C13H23BrN2O3/c1-6-9-11(14)10(16(7-2)15-9)8-13(3,17)12(18-4)19-5/h12,17H,6-8H2,1-5H3. The first-order chi connectivity index (χ1) is 8.91. The Morgan fingerprint density at radius 1 is 1.37 bits per heavy atom. The number of aryl methyl sites for hydroxylation is 2. The summed E-state index contributed by atoms with van der Waals surface area (Å²) < 4.78 is 13.2. The van der Waals surface area contributed by atoms with Crippen molar-refractivity contribution in [1.29, 1.82) is 0 Å². The van der Waals surface area contributed by atoms with Crippen molar-refractivity contribution in [2.45, 2.75) is 52.0 Å². The smallest absolute Gasteiger partial charge is 0.185 e. The summed E-state index contributed by atoms with van der Waals surface area (Å²) in [6.07, 6.45) is 0.575. The predicted octanol–water partition coefficient (Wildman–Crippen LogP) is 2.14. The van der Waals surface area contributed by atoms with E-state index in [-0.39, 0.29) is 0 Å². The van der Waals surface area contributed by atoms with E-state index in [1.807, 2.05) is 11.6 Å². The maximum absolute atomic E-state index is 10.5. The minimum Gasteiger partial charge on any atom is -0.384 e. The molecular weight excluding hydrogens is 312 g/mol. The molecule has 0 aliphatic rings. The van der Waals surface area contributed by atoms with E-state index >= 15 is 0 Å². The average Bonchev–Trinajstić information content (AvgIpc) is 2.67. The van der Waals surface area contributed by atoms with Gasteiger partial charge in [-0.25, -0.2) is 0 Å². The molecule has 0 aliphatic heterocycles. The fourth-order valence-electron chi connectivity index (χ4n) is 2.21. The van der Waals surface area contributed by atoms with E-state index in [2.05, 4.69) is 28.0 Å². The number of rotatable bonds is 7. The van der Waals surface area contributed by atoms with Crippen molar-refractivity contribution in [2.24, 2.45) is 0 Å². The maximum Gasteiger partial charge on any atom is 0.185 e. The van der Waals surface area contributed by atoms with Gasteiger partial charge in [0.1, 0.15) is 5.60 Å². The quantitative estimate of drug-likeness (QED) is 0.776. The van der Waals surface area contributed by atoms with Crippen LogP contribution in [0, 0.1) is 0 Å². The molecule has 1 aromatic heterocycles. The molecule has 0 spiro atoms. The number of aromatic nitrogens is 2. The van der Waals surface area contributed by atoms with Gasteiger partial charge in [-0.15, -0.1) is 0 Å². The number of halogens is 1.